The molecule has 9 nitrogen and oxygen atoms in total. The van der Waals surface area contributed by atoms with E-state index in [0.717, 1.165) is 7.11 Å². The monoisotopic (exact) mass is 293 g/mol. The van der Waals surface area contributed by atoms with E-state index >= 15 is 0 Å². The number of ether oxygens (including phenoxy) is 1. The highest BCUT2D eigenvalue weighted by Crippen LogP contribution is 2.10. The molecule has 1 saturated heterocycles. The fraction of sp³-hybridized carbons (Fsp3) is 0.778. The summed E-state index contributed by atoms with van der Waals surface area (Å²) in [6, 6.07) is -0.245. The molecule has 1 amide bonds. The van der Waals surface area contributed by atoms with Crippen LogP contribution in [0.5, 0.6) is 0 Å². The topological polar surface area (TPSA) is 138 Å². The minimum atomic E-state index is -3.89. The third-order valence-corrected chi connectivity index (χ3v) is 3.79. The van der Waals surface area contributed by atoms with E-state index in [1.54, 1.807) is 4.72 Å². The predicted octanol–water partition coefficient (Wildman–Crippen LogP) is -1.42. The van der Waals surface area contributed by atoms with Crippen LogP contribution in [0.3, 0.4) is 0 Å². The first-order valence-corrected chi connectivity index (χ1v) is 7.24. The van der Waals surface area contributed by atoms with Gasteiger partial charge in [-0.25, -0.2) is 9.52 Å². The van der Waals surface area contributed by atoms with Gasteiger partial charge in [0.25, 0.3) is 0 Å². The van der Waals surface area contributed by atoms with Gasteiger partial charge in [-0.1, -0.05) is 0 Å². The highest BCUT2D eigenvalue weighted by molar-refractivity contribution is 7.88. The zero-order valence-corrected chi connectivity index (χ0v) is 11.5. The standard InChI is InChI=1S/C9H19N5O4S/c1-18-9(15)13-19(16,17)12-7-2-4-14(5-3-7)6-8(10)11/h7,12H,2-6H2,1H3,(H3,10,11)(H,13,15). The number of amides is 1. The molecule has 0 atom stereocenters. The van der Waals surface area contributed by atoms with Crippen molar-refractivity contribution in [2.45, 2.75) is 18.9 Å². The van der Waals surface area contributed by atoms with E-state index in [2.05, 4.69) is 9.46 Å². The molecule has 0 aromatic heterocycles. The molecule has 110 valence electrons. The number of nitrogens with two attached hydrogens (primary N) is 1. The maximum atomic E-state index is 11.5. The van der Waals surface area contributed by atoms with Crippen LogP contribution in [0.1, 0.15) is 12.8 Å². The quantitative estimate of drug-likeness (QED) is 0.362. The van der Waals surface area contributed by atoms with E-state index in [4.69, 9.17) is 11.1 Å². The SMILES string of the molecule is COC(=O)NS(=O)(=O)NC1CCN(CC(=N)N)CC1. The van der Waals surface area contributed by atoms with Crippen molar-refractivity contribution < 1.29 is 17.9 Å². The molecule has 0 bridgehead atoms. The minimum absolute atomic E-state index is 0.0892. The lowest BCUT2D eigenvalue weighted by Crippen LogP contribution is -2.50. The summed E-state index contributed by atoms with van der Waals surface area (Å²) in [6.07, 6.45) is 0.159. The van der Waals surface area contributed by atoms with Gasteiger partial charge in [0.1, 0.15) is 5.84 Å². The van der Waals surface area contributed by atoms with Gasteiger partial charge in [-0.3, -0.25) is 10.3 Å². The Morgan fingerprint density at radius 3 is 2.53 bits per heavy atom. The van der Waals surface area contributed by atoms with Gasteiger partial charge in [-0.2, -0.15) is 13.1 Å². The number of carbonyl (C=O) groups is 1. The second-order valence-corrected chi connectivity index (χ2v) is 5.74. The Balaban J connectivity index is 2.40. The molecular weight excluding hydrogens is 274 g/mol. The van der Waals surface area contributed by atoms with Crippen LogP contribution in [-0.2, 0) is 14.9 Å². The van der Waals surface area contributed by atoms with Gasteiger partial charge < -0.3 is 10.5 Å². The van der Waals surface area contributed by atoms with E-state index < -0.39 is 16.3 Å². The first-order valence-electron chi connectivity index (χ1n) is 5.75. The Morgan fingerprint density at radius 2 is 2.05 bits per heavy atom. The maximum absolute atomic E-state index is 11.5. The van der Waals surface area contributed by atoms with Crippen LogP contribution < -0.4 is 15.2 Å². The molecular formula is C9H19N5O4S. The summed E-state index contributed by atoms with van der Waals surface area (Å²) in [6.45, 7) is 1.68. The van der Waals surface area contributed by atoms with Gasteiger partial charge >= 0.3 is 16.3 Å². The van der Waals surface area contributed by atoms with Gasteiger partial charge in [-0.15, -0.1) is 0 Å². The molecule has 1 fully saturated rings. The molecule has 19 heavy (non-hydrogen) atoms. The highest BCUT2D eigenvalue weighted by Gasteiger charge is 2.24. The molecule has 0 spiro atoms. The largest absolute Gasteiger partial charge is 0.452 e. The summed E-state index contributed by atoms with van der Waals surface area (Å²) < 4.78 is 31.4. The number of rotatable bonds is 5. The zero-order valence-electron chi connectivity index (χ0n) is 10.7. The third-order valence-electron chi connectivity index (χ3n) is 2.71. The first kappa shape index (κ1) is 15.7. The lowest BCUT2D eigenvalue weighted by Gasteiger charge is -2.31. The Morgan fingerprint density at radius 1 is 1.47 bits per heavy atom. The molecule has 5 N–H and O–H groups in total. The van der Waals surface area contributed by atoms with Crippen LogP contribution in [0.15, 0.2) is 0 Å². The number of nitrogens with zero attached hydrogens (tertiary/aromatic N) is 1. The van der Waals surface area contributed by atoms with E-state index in [-0.39, 0.29) is 11.9 Å². The maximum Gasteiger partial charge on any atom is 0.421 e. The van der Waals surface area contributed by atoms with Gasteiger partial charge in [0.05, 0.1) is 13.7 Å². The van der Waals surface area contributed by atoms with Gasteiger partial charge in [0, 0.05) is 19.1 Å². The molecule has 10 heteroatoms. The molecule has 1 aliphatic heterocycles. The Hall–Kier alpha value is -1.39. The average Bonchev–Trinajstić information content (AvgIpc) is 2.30. The Kier molecular flexibility index (Phi) is 5.51. The smallest absolute Gasteiger partial charge is 0.421 e. The molecule has 1 aliphatic rings. The van der Waals surface area contributed by atoms with Crippen molar-refractivity contribution >= 4 is 22.1 Å². The van der Waals surface area contributed by atoms with Crippen molar-refractivity contribution in [2.24, 2.45) is 5.73 Å². The fourth-order valence-corrected chi connectivity index (χ4v) is 2.89. The van der Waals surface area contributed by atoms with Crippen LogP contribution in [0.25, 0.3) is 0 Å². The van der Waals surface area contributed by atoms with E-state index in [1.807, 2.05) is 4.90 Å². The molecule has 1 heterocycles. The number of piperidine rings is 1. The van der Waals surface area contributed by atoms with Crippen molar-refractivity contribution in [3.8, 4) is 0 Å². The number of nitrogens with one attached hydrogen (secondary N) is 3. The number of methoxy groups -OCH3 is 1. The second-order valence-electron chi connectivity index (χ2n) is 4.29. The molecule has 0 aromatic rings. The summed E-state index contributed by atoms with van der Waals surface area (Å²) in [7, 11) is -2.80. The van der Waals surface area contributed by atoms with E-state index in [1.165, 1.54) is 0 Å². The van der Waals surface area contributed by atoms with Crippen molar-refractivity contribution in [3.63, 3.8) is 0 Å². The van der Waals surface area contributed by atoms with Crippen LogP contribution >= 0.6 is 0 Å². The average molecular weight is 293 g/mol. The zero-order chi connectivity index (χ0) is 14.5. The predicted molar refractivity (Wildman–Crippen MR) is 69.0 cm³/mol. The van der Waals surface area contributed by atoms with Crippen LogP contribution in [0.2, 0.25) is 0 Å². The van der Waals surface area contributed by atoms with Crippen molar-refractivity contribution in [1.82, 2.24) is 14.3 Å². The molecule has 0 saturated carbocycles. The van der Waals surface area contributed by atoms with E-state index in [0.29, 0.717) is 32.5 Å². The number of carbonyl (C=O) groups excluding carboxylic acids is 1. The lowest BCUT2D eigenvalue weighted by atomic mass is 10.1. The van der Waals surface area contributed by atoms with Crippen LogP contribution in [0, 0.1) is 5.41 Å². The molecule has 1 rings (SSSR count). The Labute approximate surface area is 112 Å². The Bertz CT molecular complexity index is 430. The molecule has 0 unspecified atom stereocenters. The van der Waals surface area contributed by atoms with Gasteiger partial charge in [0.15, 0.2) is 0 Å². The number of likely N-dealkylation sites (tertiary alicyclic amines) is 1. The first-order chi connectivity index (χ1) is 8.82. The molecule has 0 aliphatic carbocycles. The minimum Gasteiger partial charge on any atom is -0.452 e. The number of hydrogen-bond acceptors (Lipinski definition) is 6. The normalized spacial score (nSPS) is 17.9. The van der Waals surface area contributed by atoms with Gasteiger partial charge in [0.2, 0.25) is 0 Å². The molecule has 0 aromatic carbocycles. The van der Waals surface area contributed by atoms with Crippen LogP contribution in [0.4, 0.5) is 4.79 Å². The molecule has 0 radical (unpaired) electrons. The summed E-state index contributed by atoms with van der Waals surface area (Å²) in [4.78, 5) is 12.8. The van der Waals surface area contributed by atoms with Crippen LogP contribution in [-0.4, -0.2) is 58.0 Å². The summed E-state index contributed by atoms with van der Waals surface area (Å²) in [5.41, 5.74) is 5.30. The summed E-state index contributed by atoms with van der Waals surface area (Å²) in [5, 5.41) is 7.19. The number of amidine groups is 1. The summed E-state index contributed by atoms with van der Waals surface area (Å²) >= 11 is 0. The van der Waals surface area contributed by atoms with Crippen molar-refractivity contribution in [3.05, 3.63) is 0 Å². The van der Waals surface area contributed by atoms with Crippen molar-refractivity contribution in [1.29, 1.82) is 5.41 Å². The summed E-state index contributed by atoms with van der Waals surface area (Å²) in [5.74, 6) is 0.0892. The highest BCUT2D eigenvalue weighted by atomic mass is 32.2. The van der Waals surface area contributed by atoms with Crippen molar-refractivity contribution in [2.75, 3.05) is 26.7 Å². The second kappa shape index (κ2) is 6.68. The third kappa shape index (κ3) is 5.85. The number of hydrogen-bond donors (Lipinski definition) is 4. The van der Waals surface area contributed by atoms with Gasteiger partial charge in [-0.05, 0) is 12.8 Å². The van der Waals surface area contributed by atoms with E-state index in [9.17, 15) is 13.2 Å². The fourth-order valence-electron chi connectivity index (χ4n) is 1.85. The lowest BCUT2D eigenvalue weighted by molar-refractivity contribution is 0.177.